The van der Waals surface area contributed by atoms with Crippen molar-refractivity contribution in [1.82, 2.24) is 14.0 Å². The third-order valence-corrected chi connectivity index (χ3v) is 5.65. The van der Waals surface area contributed by atoms with E-state index in [4.69, 9.17) is 0 Å². The average Bonchev–Trinajstić information content (AvgIpc) is 3.11. The summed E-state index contributed by atoms with van der Waals surface area (Å²) in [5, 5.41) is 1.77. The summed E-state index contributed by atoms with van der Waals surface area (Å²) in [4.78, 5) is 40.5. The summed E-state index contributed by atoms with van der Waals surface area (Å²) in [6.07, 6.45) is 0. The maximum Gasteiger partial charge on any atom is 0.336 e. The highest BCUT2D eigenvalue weighted by atomic mass is 32.1. The van der Waals surface area contributed by atoms with Gasteiger partial charge in [0, 0.05) is 13.1 Å². The molecule has 1 aromatic carbocycles. The van der Waals surface area contributed by atoms with E-state index in [0.717, 1.165) is 11.1 Å². The summed E-state index contributed by atoms with van der Waals surface area (Å²) in [5.74, 6) is -0.138. The highest BCUT2D eigenvalue weighted by molar-refractivity contribution is 7.17. The molecule has 0 aliphatic heterocycles. The third-order valence-electron chi connectivity index (χ3n) is 4.76. The highest BCUT2D eigenvalue weighted by Crippen LogP contribution is 2.18. The number of carbonyl (C=O) groups is 1. The Morgan fingerprint density at radius 3 is 2.44 bits per heavy atom. The molecule has 0 unspecified atom stereocenters. The number of hydrogen-bond donors (Lipinski definition) is 0. The van der Waals surface area contributed by atoms with E-state index in [1.807, 2.05) is 39.8 Å². The molecule has 27 heavy (non-hydrogen) atoms. The lowest BCUT2D eigenvalue weighted by Gasteiger charge is -2.20. The number of benzene rings is 1. The molecule has 1 amide bonds. The molecule has 2 aromatic heterocycles. The Morgan fingerprint density at radius 1 is 1.11 bits per heavy atom. The van der Waals surface area contributed by atoms with Crippen LogP contribution in [0.3, 0.4) is 0 Å². The summed E-state index contributed by atoms with van der Waals surface area (Å²) in [7, 11) is 0. The maximum absolute atomic E-state index is 13.2. The average molecular weight is 385 g/mol. The van der Waals surface area contributed by atoms with Gasteiger partial charge in [0.15, 0.2) is 0 Å². The normalized spacial score (nSPS) is 11.1. The van der Waals surface area contributed by atoms with Crippen LogP contribution in [-0.4, -0.2) is 33.0 Å². The summed E-state index contributed by atoms with van der Waals surface area (Å²) < 4.78 is 3.07. The van der Waals surface area contributed by atoms with Crippen LogP contribution in [0.25, 0.3) is 15.9 Å². The number of nitrogens with zero attached hydrogens (tertiary/aromatic N) is 3. The van der Waals surface area contributed by atoms with Crippen LogP contribution in [-0.2, 0) is 11.3 Å². The predicted molar refractivity (Wildman–Crippen MR) is 109 cm³/mol. The third kappa shape index (κ3) is 3.35. The lowest BCUT2D eigenvalue weighted by Crippen LogP contribution is -2.42. The molecular weight excluding hydrogens is 362 g/mol. The van der Waals surface area contributed by atoms with Crippen molar-refractivity contribution < 1.29 is 4.79 Å². The van der Waals surface area contributed by atoms with E-state index < -0.39 is 5.69 Å². The molecule has 0 atom stereocenters. The van der Waals surface area contributed by atoms with Crippen molar-refractivity contribution in [3.63, 3.8) is 0 Å². The van der Waals surface area contributed by atoms with Crippen molar-refractivity contribution in [1.29, 1.82) is 0 Å². The van der Waals surface area contributed by atoms with Gasteiger partial charge >= 0.3 is 5.69 Å². The van der Waals surface area contributed by atoms with Gasteiger partial charge in [-0.05, 0) is 50.8 Å². The number of fused-ring (bicyclic) bond motifs is 1. The zero-order valence-electron chi connectivity index (χ0n) is 16.0. The van der Waals surface area contributed by atoms with Gasteiger partial charge in [0.1, 0.15) is 11.2 Å². The van der Waals surface area contributed by atoms with Gasteiger partial charge in [-0.25, -0.2) is 9.36 Å². The molecule has 3 rings (SSSR count). The zero-order valence-corrected chi connectivity index (χ0v) is 16.8. The van der Waals surface area contributed by atoms with Crippen LogP contribution in [0.2, 0.25) is 0 Å². The fourth-order valence-corrected chi connectivity index (χ4v) is 4.14. The van der Waals surface area contributed by atoms with Crippen LogP contribution in [0.15, 0.2) is 39.2 Å². The first-order chi connectivity index (χ1) is 12.9. The number of carbonyl (C=O) groups excluding carboxylic acids is 1. The number of amides is 1. The van der Waals surface area contributed by atoms with E-state index in [1.165, 1.54) is 20.5 Å². The molecule has 3 aromatic rings. The van der Waals surface area contributed by atoms with E-state index in [-0.39, 0.29) is 18.0 Å². The van der Waals surface area contributed by atoms with Crippen molar-refractivity contribution in [3.05, 3.63) is 61.6 Å². The monoisotopic (exact) mass is 385 g/mol. The lowest BCUT2D eigenvalue weighted by atomic mass is 10.1. The van der Waals surface area contributed by atoms with Gasteiger partial charge in [0.25, 0.3) is 5.56 Å². The number of likely N-dealkylation sites (N-methyl/N-ethyl adjacent to an activating group) is 1. The zero-order chi connectivity index (χ0) is 19.7. The maximum atomic E-state index is 13.2. The number of thiophene rings is 1. The summed E-state index contributed by atoms with van der Waals surface area (Å²) in [6.45, 7) is 8.71. The molecule has 0 saturated carbocycles. The Hall–Kier alpha value is -2.67. The van der Waals surface area contributed by atoms with Gasteiger partial charge < -0.3 is 4.90 Å². The lowest BCUT2D eigenvalue weighted by molar-refractivity contribution is -0.131. The van der Waals surface area contributed by atoms with E-state index in [1.54, 1.807) is 22.4 Å². The summed E-state index contributed by atoms with van der Waals surface area (Å²) >= 11 is 1.28. The molecule has 0 fully saturated rings. The molecule has 6 nitrogen and oxygen atoms in total. The number of hydrogen-bond acceptors (Lipinski definition) is 4. The molecule has 2 heterocycles. The molecule has 0 aliphatic rings. The Morgan fingerprint density at radius 2 is 1.81 bits per heavy atom. The molecule has 0 saturated heterocycles. The molecule has 142 valence electrons. The van der Waals surface area contributed by atoms with Gasteiger partial charge in [0.05, 0.1) is 11.2 Å². The molecule has 0 N–H and O–H groups in total. The Kier molecular flexibility index (Phi) is 5.32. The molecule has 0 spiro atoms. The number of rotatable bonds is 5. The predicted octanol–water partition coefficient (Wildman–Crippen LogP) is 2.70. The molecular formula is C20H23N3O3S. The first-order valence-electron chi connectivity index (χ1n) is 8.97. The molecule has 7 heteroatoms. The van der Waals surface area contributed by atoms with Crippen molar-refractivity contribution in [2.24, 2.45) is 0 Å². The topological polar surface area (TPSA) is 64.3 Å². The fraction of sp³-hybridized carbons (Fsp3) is 0.350. The Balaban J connectivity index is 2.26. The summed E-state index contributed by atoms with van der Waals surface area (Å²) in [5.41, 5.74) is 2.12. The second-order valence-electron chi connectivity index (χ2n) is 6.50. The molecule has 0 radical (unpaired) electrons. The second kappa shape index (κ2) is 7.52. The second-order valence-corrected chi connectivity index (χ2v) is 7.42. The van der Waals surface area contributed by atoms with Crippen LogP contribution in [0, 0.1) is 13.8 Å². The number of aromatic nitrogens is 2. The first-order valence-corrected chi connectivity index (χ1v) is 9.85. The van der Waals surface area contributed by atoms with Gasteiger partial charge in [0.2, 0.25) is 5.91 Å². The minimum atomic E-state index is -0.488. The Bertz CT molecular complexity index is 1120. The highest BCUT2D eigenvalue weighted by Gasteiger charge is 2.20. The number of aryl methyl sites for hydroxylation is 2. The smallest absolute Gasteiger partial charge is 0.336 e. The fourth-order valence-electron chi connectivity index (χ4n) is 3.32. The van der Waals surface area contributed by atoms with Crippen LogP contribution in [0.1, 0.15) is 25.0 Å². The van der Waals surface area contributed by atoms with E-state index in [0.29, 0.717) is 29.0 Å². The minimum absolute atomic E-state index is 0.0844. The van der Waals surface area contributed by atoms with Crippen LogP contribution in [0.5, 0.6) is 0 Å². The van der Waals surface area contributed by atoms with Gasteiger partial charge in [-0.2, -0.15) is 0 Å². The van der Waals surface area contributed by atoms with E-state index in [9.17, 15) is 14.4 Å². The minimum Gasteiger partial charge on any atom is -0.342 e. The van der Waals surface area contributed by atoms with Crippen molar-refractivity contribution >= 4 is 27.5 Å². The molecule has 0 aliphatic carbocycles. The quantitative estimate of drug-likeness (QED) is 0.678. The van der Waals surface area contributed by atoms with Crippen molar-refractivity contribution in [2.75, 3.05) is 13.1 Å². The Labute approximate surface area is 161 Å². The largest absolute Gasteiger partial charge is 0.342 e. The van der Waals surface area contributed by atoms with Gasteiger partial charge in [-0.3, -0.25) is 14.2 Å². The van der Waals surface area contributed by atoms with E-state index in [2.05, 4.69) is 0 Å². The first kappa shape index (κ1) is 19.1. The summed E-state index contributed by atoms with van der Waals surface area (Å²) in [6, 6.07) is 7.32. The van der Waals surface area contributed by atoms with Crippen LogP contribution in [0.4, 0.5) is 0 Å². The molecule has 0 bridgehead atoms. The van der Waals surface area contributed by atoms with E-state index >= 15 is 0 Å². The van der Waals surface area contributed by atoms with Gasteiger partial charge in [-0.15, -0.1) is 11.3 Å². The SMILES string of the molecule is CCN(CC)C(=O)Cn1c(=O)n(-c2ccc(C)cc2C)c(=O)c2sccc21. The standard InChI is InChI=1S/C20H23N3O3S/c1-5-21(6-2)17(24)12-22-16-9-10-27-18(16)19(25)23(20(22)26)15-8-7-13(3)11-14(15)4/h7-11H,5-6,12H2,1-4H3. The van der Waals surface area contributed by atoms with Crippen LogP contribution < -0.4 is 11.2 Å². The van der Waals surface area contributed by atoms with Crippen molar-refractivity contribution in [2.45, 2.75) is 34.2 Å². The van der Waals surface area contributed by atoms with Gasteiger partial charge in [-0.1, -0.05) is 17.7 Å². The van der Waals surface area contributed by atoms with Crippen molar-refractivity contribution in [3.8, 4) is 5.69 Å². The van der Waals surface area contributed by atoms with Crippen LogP contribution >= 0.6 is 11.3 Å².